The van der Waals surface area contributed by atoms with Crippen molar-refractivity contribution in [1.82, 2.24) is 0 Å². The van der Waals surface area contributed by atoms with E-state index < -0.39 is 12.5 Å². The minimum Gasteiger partial charge on any atom is -0.423 e. The summed E-state index contributed by atoms with van der Waals surface area (Å²) in [4.78, 5) is 0. The quantitative estimate of drug-likeness (QED) is 0.380. The van der Waals surface area contributed by atoms with Crippen molar-refractivity contribution >= 4 is 23.4 Å². The molecule has 5 aromatic carbocycles. The lowest BCUT2D eigenvalue weighted by Gasteiger charge is -2.30. The lowest BCUT2D eigenvalue weighted by Crippen LogP contribution is -2.32. The molecule has 2 aliphatic rings. The molecule has 0 aromatic heterocycles. The molecule has 0 radical (unpaired) electrons. The van der Waals surface area contributed by atoms with Gasteiger partial charge in [-0.3, -0.25) is 0 Å². The fourth-order valence-electron chi connectivity index (χ4n) is 6.09. The van der Waals surface area contributed by atoms with E-state index in [2.05, 4.69) is 84.9 Å². The van der Waals surface area contributed by atoms with Crippen molar-refractivity contribution in [3.63, 3.8) is 0 Å². The SMILES string of the molecule is OB(O)c1ccc2c(c1)C1(c3ccccc3-2)c2ccccc2-c2c1ccc1ccccc21. The van der Waals surface area contributed by atoms with Crippen molar-refractivity contribution in [1.29, 1.82) is 0 Å². The van der Waals surface area contributed by atoms with Crippen LogP contribution in [0.2, 0.25) is 0 Å². The highest BCUT2D eigenvalue weighted by Crippen LogP contribution is 2.63. The second-order valence-electron chi connectivity index (χ2n) is 8.73. The number of rotatable bonds is 1. The van der Waals surface area contributed by atoms with Gasteiger partial charge in [-0.05, 0) is 60.7 Å². The van der Waals surface area contributed by atoms with E-state index in [4.69, 9.17) is 0 Å². The van der Waals surface area contributed by atoms with E-state index in [1.165, 1.54) is 44.2 Å². The monoisotopic (exact) mass is 410 g/mol. The molecule has 32 heavy (non-hydrogen) atoms. The molecule has 1 atom stereocenters. The maximum Gasteiger partial charge on any atom is 0.488 e. The highest BCUT2D eigenvalue weighted by Gasteiger charge is 2.52. The fourth-order valence-corrected chi connectivity index (χ4v) is 6.09. The minimum atomic E-state index is -1.51. The number of hydrogen-bond donors (Lipinski definition) is 2. The smallest absolute Gasteiger partial charge is 0.423 e. The summed E-state index contributed by atoms with van der Waals surface area (Å²) >= 11 is 0. The summed E-state index contributed by atoms with van der Waals surface area (Å²) in [6, 6.07) is 36.2. The van der Waals surface area contributed by atoms with Crippen molar-refractivity contribution < 1.29 is 10.0 Å². The first kappa shape index (κ1) is 18.0. The highest BCUT2D eigenvalue weighted by atomic mass is 16.4. The first-order valence-electron chi connectivity index (χ1n) is 10.9. The molecule has 3 heteroatoms. The summed E-state index contributed by atoms with van der Waals surface area (Å²) in [5, 5.41) is 22.5. The van der Waals surface area contributed by atoms with E-state index in [1.54, 1.807) is 0 Å². The summed E-state index contributed by atoms with van der Waals surface area (Å²) in [6.45, 7) is 0. The van der Waals surface area contributed by atoms with Crippen LogP contribution in [0.1, 0.15) is 22.3 Å². The van der Waals surface area contributed by atoms with Crippen LogP contribution >= 0.6 is 0 Å². The molecule has 2 N–H and O–H groups in total. The van der Waals surface area contributed by atoms with Crippen LogP contribution < -0.4 is 5.46 Å². The van der Waals surface area contributed by atoms with E-state index in [1.807, 2.05) is 18.2 Å². The molecule has 1 spiro atoms. The molecule has 0 amide bonds. The first-order chi connectivity index (χ1) is 15.7. The maximum absolute atomic E-state index is 9.99. The van der Waals surface area contributed by atoms with Crippen LogP contribution in [0.25, 0.3) is 33.0 Å². The molecule has 0 saturated carbocycles. The Morgan fingerprint density at radius 1 is 0.531 bits per heavy atom. The highest BCUT2D eigenvalue weighted by molar-refractivity contribution is 6.58. The van der Waals surface area contributed by atoms with Crippen molar-refractivity contribution in [2.24, 2.45) is 0 Å². The van der Waals surface area contributed by atoms with Gasteiger partial charge in [-0.1, -0.05) is 103 Å². The van der Waals surface area contributed by atoms with Gasteiger partial charge in [0.1, 0.15) is 0 Å². The maximum atomic E-state index is 9.99. The summed E-state index contributed by atoms with van der Waals surface area (Å²) in [5.41, 5.74) is 9.79. The van der Waals surface area contributed by atoms with Gasteiger partial charge in [0, 0.05) is 0 Å². The summed E-state index contributed by atoms with van der Waals surface area (Å²) in [6.07, 6.45) is 0. The van der Waals surface area contributed by atoms with Crippen LogP contribution in [-0.2, 0) is 5.41 Å². The van der Waals surface area contributed by atoms with E-state index in [0.29, 0.717) is 5.46 Å². The summed E-state index contributed by atoms with van der Waals surface area (Å²) in [7, 11) is -1.51. The van der Waals surface area contributed by atoms with Crippen LogP contribution in [0.4, 0.5) is 0 Å². The first-order valence-corrected chi connectivity index (χ1v) is 10.9. The molecule has 2 aliphatic carbocycles. The van der Waals surface area contributed by atoms with Crippen LogP contribution in [0, 0.1) is 0 Å². The van der Waals surface area contributed by atoms with Gasteiger partial charge in [0.2, 0.25) is 0 Å². The molecule has 0 heterocycles. The van der Waals surface area contributed by atoms with Gasteiger partial charge < -0.3 is 10.0 Å². The zero-order valence-corrected chi connectivity index (χ0v) is 17.3. The molecule has 0 bridgehead atoms. The second kappa shape index (κ2) is 6.20. The van der Waals surface area contributed by atoms with Gasteiger partial charge in [0.05, 0.1) is 5.41 Å². The third-order valence-corrected chi connectivity index (χ3v) is 7.30. The minimum absolute atomic E-state index is 0.479. The zero-order chi connectivity index (χ0) is 21.4. The van der Waals surface area contributed by atoms with E-state index in [9.17, 15) is 10.0 Å². The van der Waals surface area contributed by atoms with Gasteiger partial charge in [0.15, 0.2) is 0 Å². The molecule has 5 aromatic rings. The van der Waals surface area contributed by atoms with E-state index >= 15 is 0 Å². The number of fused-ring (bicyclic) bond motifs is 12. The number of benzene rings is 5. The molecule has 0 aliphatic heterocycles. The molecule has 2 nitrogen and oxygen atoms in total. The van der Waals surface area contributed by atoms with Crippen molar-refractivity contribution in [2.45, 2.75) is 5.41 Å². The van der Waals surface area contributed by atoms with Crippen molar-refractivity contribution in [3.8, 4) is 22.3 Å². The molecule has 0 saturated heterocycles. The Bertz CT molecular complexity index is 1570. The molecule has 150 valence electrons. The Morgan fingerprint density at radius 2 is 1.19 bits per heavy atom. The van der Waals surface area contributed by atoms with E-state index in [0.717, 1.165) is 11.1 Å². The van der Waals surface area contributed by atoms with Crippen LogP contribution in [0.15, 0.2) is 103 Å². The topological polar surface area (TPSA) is 40.5 Å². The normalized spacial score (nSPS) is 17.2. The van der Waals surface area contributed by atoms with Gasteiger partial charge in [-0.2, -0.15) is 0 Å². The number of hydrogen-bond acceptors (Lipinski definition) is 2. The fraction of sp³-hybridized carbons (Fsp3) is 0.0345. The average molecular weight is 410 g/mol. The van der Waals surface area contributed by atoms with Crippen LogP contribution in [0.5, 0.6) is 0 Å². The van der Waals surface area contributed by atoms with Gasteiger partial charge in [-0.15, -0.1) is 0 Å². The Kier molecular flexibility index (Phi) is 3.48. The Balaban J connectivity index is 1.72. The summed E-state index contributed by atoms with van der Waals surface area (Å²) in [5.74, 6) is 0. The average Bonchev–Trinajstić information content (AvgIpc) is 3.31. The Labute approximate surface area is 186 Å². The van der Waals surface area contributed by atoms with Crippen molar-refractivity contribution in [3.05, 3.63) is 125 Å². The van der Waals surface area contributed by atoms with Gasteiger partial charge >= 0.3 is 7.12 Å². The van der Waals surface area contributed by atoms with Gasteiger partial charge in [0.25, 0.3) is 0 Å². The third kappa shape index (κ3) is 2.03. The molecular formula is C29H19BO2. The van der Waals surface area contributed by atoms with E-state index in [-0.39, 0.29) is 0 Å². The molecule has 7 rings (SSSR count). The lowest BCUT2D eigenvalue weighted by atomic mass is 9.68. The largest absolute Gasteiger partial charge is 0.488 e. The van der Waals surface area contributed by atoms with Crippen LogP contribution in [0.3, 0.4) is 0 Å². The van der Waals surface area contributed by atoms with Crippen LogP contribution in [-0.4, -0.2) is 17.2 Å². The van der Waals surface area contributed by atoms with Crippen molar-refractivity contribution in [2.75, 3.05) is 0 Å². The standard InChI is InChI=1S/C29H19BO2/c31-30(32)19-14-15-22-21-9-3-5-11-24(21)29(27(22)17-19)25-12-6-4-10-23(25)28-20-8-2-1-7-18(20)13-16-26(28)29/h1-17,31-32H. The predicted octanol–water partition coefficient (Wildman–Crippen LogP) is 4.86. The Morgan fingerprint density at radius 3 is 2.00 bits per heavy atom. The molecular weight excluding hydrogens is 391 g/mol. The molecule has 0 fully saturated rings. The third-order valence-electron chi connectivity index (χ3n) is 7.30. The Hall–Kier alpha value is -3.66. The van der Waals surface area contributed by atoms with Gasteiger partial charge in [-0.25, -0.2) is 0 Å². The molecule has 1 unspecified atom stereocenters. The predicted molar refractivity (Wildman–Crippen MR) is 130 cm³/mol. The zero-order valence-electron chi connectivity index (χ0n) is 17.3. The summed E-state index contributed by atoms with van der Waals surface area (Å²) < 4.78 is 0. The second-order valence-corrected chi connectivity index (χ2v) is 8.73. The lowest BCUT2D eigenvalue weighted by molar-refractivity contribution is 0.425.